The number of likely N-dealkylation sites (tertiary alicyclic amines) is 1. The molecule has 0 spiro atoms. The molecule has 8 heteroatoms. The van der Waals surface area contributed by atoms with Crippen LogP contribution in [0.1, 0.15) is 27.2 Å². The van der Waals surface area contributed by atoms with Crippen molar-refractivity contribution in [3.05, 3.63) is 23.4 Å². The van der Waals surface area contributed by atoms with Gasteiger partial charge in [0.2, 0.25) is 5.88 Å². The van der Waals surface area contributed by atoms with E-state index < -0.39 is 24.2 Å². The van der Waals surface area contributed by atoms with Crippen LogP contribution in [0.4, 0.5) is 13.6 Å². The molecule has 1 aromatic heterocycles. The van der Waals surface area contributed by atoms with Crippen LogP contribution < -0.4 is 4.74 Å². The molecule has 0 N–H and O–H groups in total. The van der Waals surface area contributed by atoms with E-state index in [1.165, 1.54) is 7.11 Å². The van der Waals surface area contributed by atoms with Crippen molar-refractivity contribution in [2.24, 2.45) is 0 Å². The Balaban J connectivity index is 0.000000253. The minimum absolute atomic E-state index is 0.0713. The summed E-state index contributed by atoms with van der Waals surface area (Å²) in [7, 11) is 1.54. The molecule has 0 aromatic carbocycles. The maximum atomic E-state index is 12.7. The Kier molecular flexibility index (Phi) is 6.56. The molecule has 0 saturated carbocycles. The van der Waals surface area contributed by atoms with Gasteiger partial charge >= 0.3 is 6.09 Å². The molecule has 23 heavy (non-hydrogen) atoms. The summed E-state index contributed by atoms with van der Waals surface area (Å²) in [5.74, 6) is -2.28. The van der Waals surface area contributed by atoms with Crippen molar-refractivity contribution in [3.63, 3.8) is 0 Å². The summed E-state index contributed by atoms with van der Waals surface area (Å²) in [4.78, 5) is 16.2. The number of halogens is 3. The minimum Gasteiger partial charge on any atom is -0.480 e. The molecule has 0 aliphatic carbocycles. The number of alkyl halides is 2. The van der Waals surface area contributed by atoms with Crippen molar-refractivity contribution in [3.8, 4) is 5.88 Å². The second kappa shape index (κ2) is 7.77. The van der Waals surface area contributed by atoms with Crippen LogP contribution in [-0.2, 0) is 4.74 Å². The van der Waals surface area contributed by atoms with Crippen molar-refractivity contribution >= 4 is 17.7 Å². The lowest BCUT2D eigenvalue weighted by Crippen LogP contribution is -2.36. The lowest BCUT2D eigenvalue weighted by atomic mass is 10.2. The number of carbonyl (C=O) groups is 1. The van der Waals surface area contributed by atoms with E-state index in [1.807, 2.05) is 0 Å². The average Bonchev–Trinajstić information content (AvgIpc) is 2.79. The molecule has 0 bridgehead atoms. The molecule has 1 aromatic rings. The Morgan fingerprint density at radius 2 is 2.09 bits per heavy atom. The summed E-state index contributed by atoms with van der Waals surface area (Å²) in [6.45, 7) is 4.67. The van der Waals surface area contributed by atoms with E-state index in [9.17, 15) is 13.6 Å². The van der Waals surface area contributed by atoms with Crippen LogP contribution in [0.15, 0.2) is 18.3 Å². The third-order valence-corrected chi connectivity index (χ3v) is 3.03. The number of hydrogen-bond acceptors (Lipinski definition) is 4. The zero-order valence-electron chi connectivity index (χ0n) is 13.6. The molecule has 2 heterocycles. The molecule has 1 amide bonds. The SMILES string of the molecule is CC(C)(C)OC(=O)N1CCC(F)(F)C1.COc1ncccc1Cl. The summed E-state index contributed by atoms with van der Waals surface area (Å²) in [6, 6.07) is 3.48. The van der Waals surface area contributed by atoms with Crippen LogP contribution >= 0.6 is 11.6 Å². The number of carbonyl (C=O) groups excluding carboxylic acids is 1. The second-order valence-corrected chi connectivity index (χ2v) is 6.41. The highest BCUT2D eigenvalue weighted by Crippen LogP contribution is 2.27. The normalized spacial score (nSPS) is 16.4. The fourth-order valence-electron chi connectivity index (χ4n) is 1.74. The molecular weight excluding hydrogens is 330 g/mol. The van der Waals surface area contributed by atoms with E-state index in [0.29, 0.717) is 10.9 Å². The quantitative estimate of drug-likeness (QED) is 0.768. The molecule has 1 fully saturated rings. The third kappa shape index (κ3) is 6.99. The molecule has 0 atom stereocenters. The number of aromatic nitrogens is 1. The van der Waals surface area contributed by atoms with Gasteiger partial charge in [-0.1, -0.05) is 11.6 Å². The number of nitrogens with zero attached hydrogens (tertiary/aromatic N) is 2. The van der Waals surface area contributed by atoms with Gasteiger partial charge in [-0.3, -0.25) is 0 Å². The number of methoxy groups -OCH3 is 1. The van der Waals surface area contributed by atoms with E-state index >= 15 is 0 Å². The van der Waals surface area contributed by atoms with Gasteiger partial charge in [0, 0.05) is 19.2 Å². The number of hydrogen-bond donors (Lipinski definition) is 0. The lowest BCUT2D eigenvalue weighted by molar-refractivity contribution is -0.00189. The fourth-order valence-corrected chi connectivity index (χ4v) is 1.94. The summed E-state index contributed by atoms with van der Waals surface area (Å²) >= 11 is 5.64. The molecular formula is C15H21ClF2N2O3. The van der Waals surface area contributed by atoms with Gasteiger partial charge in [-0.15, -0.1) is 0 Å². The maximum Gasteiger partial charge on any atom is 0.410 e. The topological polar surface area (TPSA) is 51.7 Å². The molecule has 1 aliphatic rings. The van der Waals surface area contributed by atoms with E-state index in [-0.39, 0.29) is 13.0 Å². The largest absolute Gasteiger partial charge is 0.480 e. The Morgan fingerprint density at radius 1 is 1.43 bits per heavy atom. The first-order valence-electron chi connectivity index (χ1n) is 7.04. The van der Waals surface area contributed by atoms with Gasteiger partial charge in [-0.05, 0) is 32.9 Å². The zero-order valence-corrected chi connectivity index (χ0v) is 14.4. The Morgan fingerprint density at radius 3 is 2.48 bits per heavy atom. The predicted octanol–water partition coefficient (Wildman–Crippen LogP) is 4.01. The molecule has 0 unspecified atom stereocenters. The van der Waals surface area contributed by atoms with Gasteiger partial charge < -0.3 is 14.4 Å². The smallest absolute Gasteiger partial charge is 0.410 e. The van der Waals surface area contributed by atoms with Crippen LogP contribution in [0.3, 0.4) is 0 Å². The lowest BCUT2D eigenvalue weighted by Gasteiger charge is -2.24. The average molecular weight is 351 g/mol. The monoisotopic (exact) mass is 350 g/mol. The number of rotatable bonds is 1. The molecule has 5 nitrogen and oxygen atoms in total. The van der Waals surface area contributed by atoms with Crippen molar-refractivity contribution in [1.29, 1.82) is 0 Å². The summed E-state index contributed by atoms with van der Waals surface area (Å²) < 4.78 is 35.2. The Hall–Kier alpha value is -1.63. The summed E-state index contributed by atoms with van der Waals surface area (Å²) in [5.41, 5.74) is -0.630. The minimum atomic E-state index is -2.75. The maximum absolute atomic E-state index is 12.7. The summed E-state index contributed by atoms with van der Waals surface area (Å²) in [6.07, 6.45) is 0.700. The van der Waals surface area contributed by atoms with Gasteiger partial charge in [0.25, 0.3) is 5.92 Å². The number of ether oxygens (including phenoxy) is 2. The van der Waals surface area contributed by atoms with E-state index in [1.54, 1.807) is 39.1 Å². The van der Waals surface area contributed by atoms with Crippen LogP contribution in [0, 0.1) is 0 Å². The van der Waals surface area contributed by atoms with Crippen LogP contribution in [0.5, 0.6) is 5.88 Å². The highest BCUT2D eigenvalue weighted by atomic mass is 35.5. The van der Waals surface area contributed by atoms with E-state index in [0.717, 1.165) is 4.90 Å². The highest BCUT2D eigenvalue weighted by molar-refractivity contribution is 6.31. The predicted molar refractivity (Wildman–Crippen MR) is 83.2 cm³/mol. The van der Waals surface area contributed by atoms with Crippen molar-refractivity contribution in [2.45, 2.75) is 38.7 Å². The second-order valence-electron chi connectivity index (χ2n) is 6.00. The molecule has 1 aliphatic heterocycles. The Labute approximate surface area is 139 Å². The van der Waals surface area contributed by atoms with Crippen molar-refractivity contribution < 1.29 is 23.0 Å². The van der Waals surface area contributed by atoms with Gasteiger partial charge in [0.15, 0.2) is 0 Å². The molecule has 130 valence electrons. The van der Waals surface area contributed by atoms with Gasteiger partial charge in [0.1, 0.15) is 10.6 Å². The Bertz CT molecular complexity index is 536. The standard InChI is InChI=1S/C9H15F2NO2.C6H6ClNO/c1-8(2,3)14-7(13)12-5-4-9(10,11)6-12;1-9-6-5(7)3-2-4-8-6/h4-6H2,1-3H3;2-4H,1H3. The van der Waals surface area contributed by atoms with Gasteiger partial charge in [0.05, 0.1) is 13.7 Å². The number of amides is 1. The molecule has 0 radical (unpaired) electrons. The van der Waals surface area contributed by atoms with E-state index in [2.05, 4.69) is 4.98 Å². The van der Waals surface area contributed by atoms with Crippen LogP contribution in [0.2, 0.25) is 5.02 Å². The van der Waals surface area contributed by atoms with Gasteiger partial charge in [-0.2, -0.15) is 0 Å². The zero-order chi connectivity index (χ0) is 17.7. The third-order valence-electron chi connectivity index (χ3n) is 2.74. The first-order valence-corrected chi connectivity index (χ1v) is 7.42. The summed E-state index contributed by atoms with van der Waals surface area (Å²) in [5, 5.41) is 0.542. The first kappa shape index (κ1) is 19.4. The number of pyridine rings is 1. The van der Waals surface area contributed by atoms with Crippen molar-refractivity contribution in [1.82, 2.24) is 9.88 Å². The van der Waals surface area contributed by atoms with E-state index in [4.69, 9.17) is 21.1 Å². The molecule has 1 saturated heterocycles. The van der Waals surface area contributed by atoms with Crippen molar-refractivity contribution in [2.75, 3.05) is 20.2 Å². The first-order chi connectivity index (χ1) is 10.5. The molecule has 2 rings (SSSR count). The van der Waals surface area contributed by atoms with Crippen LogP contribution in [0.25, 0.3) is 0 Å². The fraction of sp³-hybridized carbons (Fsp3) is 0.600. The van der Waals surface area contributed by atoms with Crippen LogP contribution in [-0.4, -0.2) is 47.7 Å². The van der Waals surface area contributed by atoms with Gasteiger partial charge in [-0.25, -0.2) is 18.6 Å². The highest BCUT2D eigenvalue weighted by Gasteiger charge is 2.41.